The van der Waals surface area contributed by atoms with Crippen LogP contribution < -0.4 is 5.49 Å². The molecule has 0 fully saturated rings. The van der Waals surface area contributed by atoms with E-state index in [1.807, 2.05) is 13.8 Å². The van der Waals surface area contributed by atoms with E-state index in [1.54, 1.807) is 6.07 Å². The fourth-order valence-corrected chi connectivity index (χ4v) is 0.768. The second kappa shape index (κ2) is 2.65. The number of nitrogens with zero attached hydrogens (tertiary/aromatic N) is 2. The van der Waals surface area contributed by atoms with Gasteiger partial charge in [0.15, 0.2) is 0 Å². The van der Waals surface area contributed by atoms with Crippen molar-refractivity contribution < 1.29 is 0 Å². The Balaban J connectivity index is 3.44. The summed E-state index contributed by atoms with van der Waals surface area (Å²) in [6, 6.07) is 1.69. The average molecular weight is 150 g/mol. The molecule has 4 nitrogen and oxygen atoms in total. The number of aryl methyl sites for hydroxylation is 2. The number of rotatable bonds is 1. The zero-order chi connectivity index (χ0) is 8.43. The lowest BCUT2D eigenvalue weighted by molar-refractivity contribution is 0.796. The first-order chi connectivity index (χ1) is 5.15. The summed E-state index contributed by atoms with van der Waals surface area (Å²) in [7, 11) is 0. The van der Waals surface area contributed by atoms with E-state index in [4.69, 9.17) is 10.8 Å². The molecule has 0 unspecified atom stereocenters. The van der Waals surface area contributed by atoms with Crippen molar-refractivity contribution in [2.24, 2.45) is 0 Å². The summed E-state index contributed by atoms with van der Waals surface area (Å²) >= 11 is 0. The van der Waals surface area contributed by atoms with Crippen molar-refractivity contribution in [3.8, 4) is 0 Å². The monoisotopic (exact) mass is 150 g/mol. The van der Waals surface area contributed by atoms with Crippen molar-refractivity contribution in [2.45, 2.75) is 13.8 Å². The molecule has 1 rings (SSSR count). The molecule has 0 bridgehead atoms. The third-order valence-corrected chi connectivity index (χ3v) is 1.55. The van der Waals surface area contributed by atoms with E-state index in [0.29, 0.717) is 0 Å². The van der Waals surface area contributed by atoms with Gasteiger partial charge in [0.2, 0.25) is 0 Å². The Kier molecular flexibility index (Phi) is 1.85. The van der Waals surface area contributed by atoms with Gasteiger partial charge in [-0.2, -0.15) is 5.10 Å². The van der Waals surface area contributed by atoms with Crippen LogP contribution >= 0.6 is 0 Å². The summed E-state index contributed by atoms with van der Waals surface area (Å²) in [6.45, 7) is 3.75. The Morgan fingerprint density at radius 1 is 1.55 bits per heavy atom. The quantitative estimate of drug-likeness (QED) is 0.442. The standard InChI is InChI=1S/C7H10N4/c1-5-3-7(9)11(4-8)10-6(5)2/h3-4,8-9H,1-2H3. The topological polar surface area (TPSA) is 65.5 Å². The van der Waals surface area contributed by atoms with Crippen molar-refractivity contribution >= 4 is 6.34 Å². The number of nitrogens with one attached hydrogen (secondary N) is 2. The van der Waals surface area contributed by atoms with Crippen molar-refractivity contribution in [3.63, 3.8) is 0 Å². The smallest absolute Gasteiger partial charge is 0.148 e. The second-order valence-electron chi connectivity index (χ2n) is 2.37. The fourth-order valence-electron chi connectivity index (χ4n) is 0.768. The largest absolute Gasteiger partial charge is 0.289 e. The molecule has 0 amide bonds. The molecule has 0 saturated heterocycles. The second-order valence-corrected chi connectivity index (χ2v) is 2.37. The van der Waals surface area contributed by atoms with Crippen LogP contribution in [0.2, 0.25) is 0 Å². The third-order valence-electron chi connectivity index (χ3n) is 1.55. The summed E-state index contributed by atoms with van der Waals surface area (Å²) < 4.78 is 1.22. The van der Waals surface area contributed by atoms with Gasteiger partial charge in [-0.25, -0.2) is 4.68 Å². The molecule has 4 heteroatoms. The zero-order valence-electron chi connectivity index (χ0n) is 6.55. The van der Waals surface area contributed by atoms with Crippen LogP contribution in [0, 0.1) is 24.7 Å². The predicted octanol–water partition coefficient (Wildman–Crippen LogP) is 0.435. The molecule has 58 valence electrons. The van der Waals surface area contributed by atoms with Gasteiger partial charge in [-0.3, -0.25) is 10.8 Å². The van der Waals surface area contributed by atoms with E-state index in [0.717, 1.165) is 17.6 Å². The van der Waals surface area contributed by atoms with Gasteiger partial charge in [0, 0.05) is 0 Å². The van der Waals surface area contributed by atoms with Crippen LogP contribution in [0.25, 0.3) is 0 Å². The summed E-state index contributed by atoms with van der Waals surface area (Å²) in [6.07, 6.45) is 1.02. The Morgan fingerprint density at radius 2 is 2.18 bits per heavy atom. The summed E-state index contributed by atoms with van der Waals surface area (Å²) in [5.74, 6) is 0. The molecule has 11 heavy (non-hydrogen) atoms. The van der Waals surface area contributed by atoms with Gasteiger partial charge in [-0.1, -0.05) is 0 Å². The van der Waals surface area contributed by atoms with Crippen LogP contribution in [0.1, 0.15) is 11.3 Å². The summed E-state index contributed by atoms with van der Waals surface area (Å²) in [5.41, 5.74) is 2.07. The predicted molar refractivity (Wildman–Crippen MR) is 41.7 cm³/mol. The molecule has 0 aromatic carbocycles. The highest BCUT2D eigenvalue weighted by Crippen LogP contribution is 1.95. The first-order valence-corrected chi connectivity index (χ1v) is 3.27. The molecule has 1 aromatic heterocycles. The van der Waals surface area contributed by atoms with Gasteiger partial charge in [-0.05, 0) is 25.5 Å². The lowest BCUT2D eigenvalue weighted by atomic mass is 10.2. The van der Waals surface area contributed by atoms with Gasteiger partial charge in [0.1, 0.15) is 11.8 Å². The van der Waals surface area contributed by atoms with Crippen molar-refractivity contribution in [3.05, 3.63) is 22.8 Å². The highest BCUT2D eigenvalue weighted by molar-refractivity contribution is 5.52. The van der Waals surface area contributed by atoms with Crippen molar-refractivity contribution in [1.29, 1.82) is 10.8 Å². The fraction of sp³-hybridized carbons (Fsp3) is 0.286. The summed E-state index contributed by atoms with van der Waals surface area (Å²) in [5, 5.41) is 18.2. The number of hydrogen-bond donors (Lipinski definition) is 2. The SMILES string of the molecule is Cc1cc(=N)n(C=N)nc1C. The van der Waals surface area contributed by atoms with Crippen molar-refractivity contribution in [1.82, 2.24) is 9.78 Å². The Labute approximate surface area is 64.5 Å². The molecule has 0 aliphatic heterocycles. The molecule has 0 atom stereocenters. The van der Waals surface area contributed by atoms with Crippen LogP contribution in [0.15, 0.2) is 6.07 Å². The Bertz CT molecular complexity index is 337. The van der Waals surface area contributed by atoms with Crippen LogP contribution in [-0.4, -0.2) is 16.1 Å². The highest BCUT2D eigenvalue weighted by Gasteiger charge is 1.95. The van der Waals surface area contributed by atoms with Crippen LogP contribution in [-0.2, 0) is 0 Å². The molecular weight excluding hydrogens is 140 g/mol. The van der Waals surface area contributed by atoms with E-state index in [-0.39, 0.29) is 5.49 Å². The number of aromatic nitrogens is 2. The molecule has 1 heterocycles. The van der Waals surface area contributed by atoms with Crippen molar-refractivity contribution in [2.75, 3.05) is 0 Å². The van der Waals surface area contributed by atoms with Crippen LogP contribution in [0.3, 0.4) is 0 Å². The van der Waals surface area contributed by atoms with E-state index >= 15 is 0 Å². The highest BCUT2D eigenvalue weighted by atomic mass is 15.3. The van der Waals surface area contributed by atoms with E-state index < -0.39 is 0 Å². The molecule has 0 radical (unpaired) electrons. The maximum absolute atomic E-state index is 7.36. The minimum atomic E-state index is 0.239. The molecule has 0 aliphatic rings. The van der Waals surface area contributed by atoms with E-state index in [2.05, 4.69) is 5.10 Å². The Hall–Kier alpha value is -1.45. The average Bonchev–Trinajstić information content (AvgIpc) is 1.97. The van der Waals surface area contributed by atoms with Gasteiger partial charge in [0.25, 0.3) is 0 Å². The first-order valence-electron chi connectivity index (χ1n) is 3.27. The van der Waals surface area contributed by atoms with E-state index in [1.165, 1.54) is 4.68 Å². The Morgan fingerprint density at radius 3 is 2.73 bits per heavy atom. The molecule has 0 spiro atoms. The minimum absolute atomic E-state index is 0.239. The third kappa shape index (κ3) is 1.34. The van der Waals surface area contributed by atoms with Gasteiger partial charge < -0.3 is 0 Å². The molecule has 2 N–H and O–H groups in total. The maximum Gasteiger partial charge on any atom is 0.148 e. The van der Waals surface area contributed by atoms with Gasteiger partial charge in [-0.15, -0.1) is 0 Å². The van der Waals surface area contributed by atoms with Gasteiger partial charge >= 0.3 is 0 Å². The first kappa shape index (κ1) is 7.65. The summed E-state index contributed by atoms with van der Waals surface area (Å²) in [4.78, 5) is 0. The van der Waals surface area contributed by atoms with E-state index in [9.17, 15) is 0 Å². The van der Waals surface area contributed by atoms with Crippen LogP contribution in [0.5, 0.6) is 0 Å². The van der Waals surface area contributed by atoms with Gasteiger partial charge in [0.05, 0.1) is 5.69 Å². The minimum Gasteiger partial charge on any atom is -0.289 e. The zero-order valence-corrected chi connectivity index (χ0v) is 6.55. The maximum atomic E-state index is 7.36. The molecule has 0 saturated carbocycles. The number of hydrogen-bond acceptors (Lipinski definition) is 3. The molecule has 0 aliphatic carbocycles. The normalized spacial score (nSPS) is 9.64. The lowest BCUT2D eigenvalue weighted by Gasteiger charge is -2.01. The lowest BCUT2D eigenvalue weighted by Crippen LogP contribution is -2.22. The molecular formula is C7H10N4. The molecule has 1 aromatic rings. The van der Waals surface area contributed by atoms with Crippen LogP contribution in [0.4, 0.5) is 0 Å².